The summed E-state index contributed by atoms with van der Waals surface area (Å²) in [5.41, 5.74) is 3.20. The van der Waals surface area contributed by atoms with Gasteiger partial charge < -0.3 is 5.32 Å². The standard InChI is InChI=1S/C19H20N4O/c24-19(21-12-10-16-5-4-11-20-13-16)9-8-17-14-22-23(15-17)18-6-2-1-3-7-18/h1-7,11,13-15H,8-10,12H2,(H,21,24). The minimum atomic E-state index is 0.0614. The molecule has 3 rings (SSSR count). The van der Waals surface area contributed by atoms with Crippen LogP contribution in [0.4, 0.5) is 0 Å². The van der Waals surface area contributed by atoms with Crippen molar-refractivity contribution in [3.63, 3.8) is 0 Å². The quantitative estimate of drug-likeness (QED) is 0.728. The van der Waals surface area contributed by atoms with E-state index in [4.69, 9.17) is 0 Å². The molecule has 1 aromatic carbocycles. The van der Waals surface area contributed by atoms with Gasteiger partial charge in [0.25, 0.3) is 0 Å². The molecule has 1 amide bonds. The van der Waals surface area contributed by atoms with E-state index in [0.29, 0.717) is 19.4 Å². The predicted molar refractivity (Wildman–Crippen MR) is 92.8 cm³/mol. The minimum Gasteiger partial charge on any atom is -0.356 e. The number of nitrogens with one attached hydrogen (secondary N) is 1. The third kappa shape index (κ3) is 4.52. The molecule has 5 nitrogen and oxygen atoms in total. The lowest BCUT2D eigenvalue weighted by Gasteiger charge is -2.04. The summed E-state index contributed by atoms with van der Waals surface area (Å²) in [5, 5.41) is 7.29. The van der Waals surface area contributed by atoms with Gasteiger partial charge in [-0.25, -0.2) is 4.68 Å². The first kappa shape index (κ1) is 15.9. The average Bonchev–Trinajstić information content (AvgIpc) is 3.11. The predicted octanol–water partition coefficient (Wildman–Crippen LogP) is 2.56. The van der Waals surface area contributed by atoms with E-state index < -0.39 is 0 Å². The van der Waals surface area contributed by atoms with Crippen molar-refractivity contribution in [2.45, 2.75) is 19.3 Å². The molecule has 5 heteroatoms. The molecule has 0 aliphatic heterocycles. The highest BCUT2D eigenvalue weighted by atomic mass is 16.1. The van der Waals surface area contributed by atoms with Crippen LogP contribution in [0.25, 0.3) is 5.69 Å². The number of amides is 1. The fourth-order valence-corrected chi connectivity index (χ4v) is 2.45. The van der Waals surface area contributed by atoms with Gasteiger partial charge in [-0.3, -0.25) is 9.78 Å². The second-order valence-electron chi connectivity index (χ2n) is 5.59. The Kier molecular flexibility index (Phi) is 5.35. The number of nitrogens with zero attached hydrogens (tertiary/aromatic N) is 3. The van der Waals surface area contributed by atoms with Crippen LogP contribution in [-0.4, -0.2) is 27.2 Å². The van der Waals surface area contributed by atoms with Gasteiger partial charge in [0.05, 0.1) is 11.9 Å². The van der Waals surface area contributed by atoms with E-state index in [9.17, 15) is 4.79 Å². The number of aryl methyl sites for hydroxylation is 1. The van der Waals surface area contributed by atoms with Crippen molar-refractivity contribution in [1.29, 1.82) is 0 Å². The number of hydrogen-bond acceptors (Lipinski definition) is 3. The fourth-order valence-electron chi connectivity index (χ4n) is 2.45. The third-order valence-corrected chi connectivity index (χ3v) is 3.76. The molecule has 122 valence electrons. The topological polar surface area (TPSA) is 59.8 Å². The van der Waals surface area contributed by atoms with E-state index in [1.54, 1.807) is 6.20 Å². The zero-order chi connectivity index (χ0) is 16.6. The summed E-state index contributed by atoms with van der Waals surface area (Å²) in [6.07, 6.45) is 9.31. The zero-order valence-electron chi connectivity index (χ0n) is 13.4. The Morgan fingerprint density at radius 2 is 1.88 bits per heavy atom. The molecule has 0 atom stereocenters. The van der Waals surface area contributed by atoms with Crippen molar-refractivity contribution in [1.82, 2.24) is 20.1 Å². The molecule has 0 unspecified atom stereocenters. The molecule has 0 bridgehead atoms. The largest absolute Gasteiger partial charge is 0.356 e. The molecule has 2 heterocycles. The molecule has 1 N–H and O–H groups in total. The van der Waals surface area contributed by atoms with E-state index in [1.165, 1.54) is 0 Å². The molecular formula is C19H20N4O. The first-order valence-corrected chi connectivity index (χ1v) is 8.06. The smallest absolute Gasteiger partial charge is 0.220 e. The second kappa shape index (κ2) is 8.06. The van der Waals surface area contributed by atoms with Gasteiger partial charge in [-0.2, -0.15) is 5.10 Å². The SMILES string of the molecule is O=C(CCc1cnn(-c2ccccc2)c1)NCCc1cccnc1. The Morgan fingerprint density at radius 3 is 2.67 bits per heavy atom. The molecule has 0 saturated carbocycles. The Labute approximate surface area is 141 Å². The zero-order valence-corrected chi connectivity index (χ0v) is 13.4. The number of carbonyl (C=O) groups excluding carboxylic acids is 1. The van der Waals surface area contributed by atoms with Crippen LogP contribution in [0.3, 0.4) is 0 Å². The highest BCUT2D eigenvalue weighted by Crippen LogP contribution is 2.09. The third-order valence-electron chi connectivity index (χ3n) is 3.76. The minimum absolute atomic E-state index is 0.0614. The maximum absolute atomic E-state index is 11.9. The van der Waals surface area contributed by atoms with Gasteiger partial charge >= 0.3 is 0 Å². The lowest BCUT2D eigenvalue weighted by Crippen LogP contribution is -2.25. The fraction of sp³-hybridized carbons (Fsp3) is 0.211. The molecule has 0 spiro atoms. The highest BCUT2D eigenvalue weighted by Gasteiger charge is 2.05. The van der Waals surface area contributed by atoms with E-state index in [2.05, 4.69) is 15.4 Å². The van der Waals surface area contributed by atoms with Crippen molar-refractivity contribution >= 4 is 5.91 Å². The first-order valence-electron chi connectivity index (χ1n) is 8.06. The number of pyridine rings is 1. The van der Waals surface area contributed by atoms with Crippen LogP contribution in [0.5, 0.6) is 0 Å². The van der Waals surface area contributed by atoms with Gasteiger partial charge in [0.15, 0.2) is 0 Å². The Balaban J connectivity index is 1.42. The van der Waals surface area contributed by atoms with Crippen molar-refractivity contribution in [2.24, 2.45) is 0 Å². The van der Waals surface area contributed by atoms with Gasteiger partial charge in [0.2, 0.25) is 5.91 Å². The van der Waals surface area contributed by atoms with Crippen molar-refractivity contribution in [3.05, 3.63) is 78.4 Å². The van der Waals surface area contributed by atoms with Gasteiger partial charge in [0.1, 0.15) is 0 Å². The molecule has 0 fully saturated rings. The van der Waals surface area contributed by atoms with E-state index >= 15 is 0 Å². The Bertz CT molecular complexity index is 768. The van der Waals surface area contributed by atoms with Crippen molar-refractivity contribution in [2.75, 3.05) is 6.54 Å². The highest BCUT2D eigenvalue weighted by molar-refractivity contribution is 5.76. The van der Waals surface area contributed by atoms with Gasteiger partial charge in [-0.05, 0) is 42.2 Å². The number of aromatic nitrogens is 3. The maximum Gasteiger partial charge on any atom is 0.220 e. The number of para-hydroxylation sites is 1. The van der Waals surface area contributed by atoms with Gasteiger partial charge in [-0.15, -0.1) is 0 Å². The van der Waals surface area contributed by atoms with Gasteiger partial charge in [0, 0.05) is 31.6 Å². The van der Waals surface area contributed by atoms with Gasteiger partial charge in [-0.1, -0.05) is 24.3 Å². The van der Waals surface area contributed by atoms with Crippen LogP contribution in [0.15, 0.2) is 67.3 Å². The monoisotopic (exact) mass is 320 g/mol. The van der Waals surface area contributed by atoms with Crippen LogP contribution in [0.2, 0.25) is 0 Å². The van der Waals surface area contributed by atoms with Crippen LogP contribution in [0.1, 0.15) is 17.5 Å². The molecular weight excluding hydrogens is 300 g/mol. The number of carbonyl (C=O) groups is 1. The normalized spacial score (nSPS) is 10.5. The van der Waals surface area contributed by atoms with E-state index in [1.807, 2.05) is 65.7 Å². The number of rotatable bonds is 7. The lowest BCUT2D eigenvalue weighted by molar-refractivity contribution is -0.121. The van der Waals surface area contributed by atoms with Crippen LogP contribution in [0, 0.1) is 0 Å². The van der Waals surface area contributed by atoms with Crippen LogP contribution in [-0.2, 0) is 17.6 Å². The Hall–Kier alpha value is -2.95. The number of hydrogen-bond donors (Lipinski definition) is 1. The van der Waals surface area contributed by atoms with Crippen molar-refractivity contribution < 1.29 is 4.79 Å². The molecule has 0 aliphatic carbocycles. The molecule has 2 aromatic heterocycles. The molecule has 0 saturated heterocycles. The van der Waals surface area contributed by atoms with Crippen molar-refractivity contribution in [3.8, 4) is 5.69 Å². The average molecular weight is 320 g/mol. The molecule has 24 heavy (non-hydrogen) atoms. The molecule has 3 aromatic rings. The summed E-state index contributed by atoms with van der Waals surface area (Å²) in [6.45, 7) is 0.633. The summed E-state index contributed by atoms with van der Waals surface area (Å²) in [7, 11) is 0. The number of benzene rings is 1. The lowest BCUT2D eigenvalue weighted by atomic mass is 10.2. The summed E-state index contributed by atoms with van der Waals surface area (Å²) in [6, 6.07) is 13.9. The summed E-state index contributed by atoms with van der Waals surface area (Å²) in [5.74, 6) is 0.0614. The maximum atomic E-state index is 11.9. The van der Waals surface area contributed by atoms with E-state index in [-0.39, 0.29) is 5.91 Å². The molecule has 0 radical (unpaired) electrons. The van der Waals surface area contributed by atoms with E-state index in [0.717, 1.165) is 23.2 Å². The van der Waals surface area contributed by atoms with Crippen LogP contribution >= 0.6 is 0 Å². The molecule has 0 aliphatic rings. The van der Waals surface area contributed by atoms with Crippen LogP contribution < -0.4 is 5.32 Å². The first-order chi connectivity index (χ1) is 11.8. The Morgan fingerprint density at radius 1 is 1.00 bits per heavy atom. The summed E-state index contributed by atoms with van der Waals surface area (Å²) < 4.78 is 1.83. The summed E-state index contributed by atoms with van der Waals surface area (Å²) in [4.78, 5) is 16.0. The summed E-state index contributed by atoms with van der Waals surface area (Å²) >= 11 is 0. The second-order valence-corrected chi connectivity index (χ2v) is 5.59.